The van der Waals surface area contributed by atoms with Gasteiger partial charge in [0, 0.05) is 6.42 Å². The van der Waals surface area contributed by atoms with Gasteiger partial charge in [0.1, 0.15) is 6.10 Å². The van der Waals surface area contributed by atoms with Crippen molar-refractivity contribution >= 4 is 6.16 Å². The lowest BCUT2D eigenvalue weighted by Gasteiger charge is -2.58. The molecule has 0 bridgehead atoms. The van der Waals surface area contributed by atoms with E-state index in [0.29, 0.717) is 17.4 Å². The van der Waals surface area contributed by atoms with Crippen LogP contribution in [0.4, 0.5) is 4.79 Å². The minimum atomic E-state index is -0.443. The van der Waals surface area contributed by atoms with Crippen LogP contribution in [0.3, 0.4) is 0 Å². The molecule has 4 rings (SSSR count). The van der Waals surface area contributed by atoms with Gasteiger partial charge in [-0.25, -0.2) is 4.79 Å². The standard InChI is InChI=1S/C37H64O3/c1-7-8-9-10-11-12-13-25-39-35(38)40-30-21-23-36(5)29(26-30)17-18-31-33-20-19-32(28(4)16-14-15-27(2)3)37(33,6)24-22-34(31)36/h17,27-28,30-34H,7-16,18-26H2,1-6H3/t28-,30+,31+,32-,33+,34+,36+,37-/m1/s1. The third-order valence-electron chi connectivity index (χ3n) is 12.5. The number of carbonyl (C=O) groups excluding carboxylic acids is 1. The Bertz CT molecular complexity index is 831. The molecule has 0 saturated heterocycles. The monoisotopic (exact) mass is 556 g/mol. The maximum absolute atomic E-state index is 12.4. The van der Waals surface area contributed by atoms with Crippen LogP contribution in [-0.2, 0) is 9.47 Å². The first-order valence-corrected chi connectivity index (χ1v) is 17.7. The Morgan fingerprint density at radius 2 is 1.65 bits per heavy atom. The fraction of sp³-hybridized carbons (Fsp3) is 0.919. The Morgan fingerprint density at radius 3 is 2.40 bits per heavy atom. The van der Waals surface area contributed by atoms with E-state index in [1.54, 1.807) is 5.57 Å². The summed E-state index contributed by atoms with van der Waals surface area (Å²) < 4.78 is 11.3. The molecule has 8 atom stereocenters. The number of rotatable bonds is 14. The third kappa shape index (κ3) is 7.31. The van der Waals surface area contributed by atoms with Gasteiger partial charge in [0.25, 0.3) is 0 Å². The summed E-state index contributed by atoms with van der Waals surface area (Å²) in [6, 6.07) is 0. The molecule has 0 radical (unpaired) electrons. The number of allylic oxidation sites excluding steroid dienone is 1. The summed E-state index contributed by atoms with van der Waals surface area (Å²) in [5, 5.41) is 0. The first-order valence-electron chi connectivity index (χ1n) is 17.7. The van der Waals surface area contributed by atoms with Crippen molar-refractivity contribution in [3.05, 3.63) is 11.6 Å². The van der Waals surface area contributed by atoms with Gasteiger partial charge >= 0.3 is 6.16 Å². The van der Waals surface area contributed by atoms with Gasteiger partial charge in [-0.1, -0.05) is 111 Å². The van der Waals surface area contributed by atoms with Crippen molar-refractivity contribution in [2.24, 2.45) is 46.3 Å². The zero-order valence-corrected chi connectivity index (χ0v) is 27.3. The summed E-state index contributed by atoms with van der Waals surface area (Å²) in [6.45, 7) is 15.3. The molecule has 0 spiro atoms. The van der Waals surface area contributed by atoms with Crippen molar-refractivity contribution in [1.29, 1.82) is 0 Å². The Hall–Kier alpha value is -0.990. The number of hydrogen-bond acceptors (Lipinski definition) is 3. The number of carbonyl (C=O) groups is 1. The van der Waals surface area contributed by atoms with E-state index in [0.717, 1.165) is 67.6 Å². The zero-order valence-electron chi connectivity index (χ0n) is 27.3. The van der Waals surface area contributed by atoms with Crippen LogP contribution >= 0.6 is 0 Å². The Morgan fingerprint density at radius 1 is 0.900 bits per heavy atom. The average Bonchev–Trinajstić information content (AvgIpc) is 3.27. The van der Waals surface area contributed by atoms with E-state index in [-0.39, 0.29) is 6.10 Å². The van der Waals surface area contributed by atoms with Gasteiger partial charge in [0.05, 0.1) is 6.61 Å². The van der Waals surface area contributed by atoms with Crippen molar-refractivity contribution in [3.63, 3.8) is 0 Å². The normalized spacial score (nSPS) is 35.9. The maximum Gasteiger partial charge on any atom is 0.508 e. The largest absolute Gasteiger partial charge is 0.508 e. The van der Waals surface area contributed by atoms with Gasteiger partial charge in [-0.2, -0.15) is 0 Å². The highest BCUT2D eigenvalue weighted by atomic mass is 16.7. The van der Waals surface area contributed by atoms with E-state index in [4.69, 9.17) is 9.47 Å². The third-order valence-corrected chi connectivity index (χ3v) is 12.5. The summed E-state index contributed by atoms with van der Waals surface area (Å²) in [6.07, 6.45) is 25.0. The van der Waals surface area contributed by atoms with Crippen LogP contribution in [0.5, 0.6) is 0 Å². The fourth-order valence-corrected chi connectivity index (χ4v) is 10.1. The van der Waals surface area contributed by atoms with Crippen molar-refractivity contribution in [1.82, 2.24) is 0 Å². The number of fused-ring (bicyclic) bond motifs is 5. The Balaban J connectivity index is 1.26. The van der Waals surface area contributed by atoms with Gasteiger partial charge < -0.3 is 9.47 Å². The van der Waals surface area contributed by atoms with E-state index >= 15 is 0 Å². The molecule has 3 saturated carbocycles. The van der Waals surface area contributed by atoms with Crippen LogP contribution in [0.15, 0.2) is 11.6 Å². The van der Waals surface area contributed by atoms with Crippen molar-refractivity contribution < 1.29 is 14.3 Å². The highest BCUT2D eigenvalue weighted by molar-refractivity contribution is 5.60. The van der Waals surface area contributed by atoms with Gasteiger partial charge in [-0.05, 0) is 97.7 Å². The van der Waals surface area contributed by atoms with Crippen LogP contribution in [-0.4, -0.2) is 18.9 Å². The highest BCUT2D eigenvalue weighted by Gasteiger charge is 2.59. The van der Waals surface area contributed by atoms with Gasteiger partial charge in [0.15, 0.2) is 0 Å². The molecule has 4 aliphatic rings. The van der Waals surface area contributed by atoms with Crippen LogP contribution in [0, 0.1) is 46.3 Å². The van der Waals surface area contributed by atoms with Crippen LogP contribution in [0.2, 0.25) is 0 Å². The SMILES string of the molecule is CCCCCCCCCOC(=O)O[C@H]1CC[C@@]2(C)C(=CC[C@H]3[C@@H]4CC[C@H]([C@H](C)CCCC(C)C)[C@@]4(C)CC[C@@H]32)C1. The second-order valence-electron chi connectivity index (χ2n) is 15.5. The number of ether oxygens (including phenoxy) is 2. The first-order chi connectivity index (χ1) is 19.2. The van der Waals surface area contributed by atoms with Crippen LogP contribution in [0.1, 0.15) is 157 Å². The maximum atomic E-state index is 12.4. The minimum absolute atomic E-state index is 0.00572. The topological polar surface area (TPSA) is 35.5 Å². The molecule has 0 N–H and O–H groups in total. The minimum Gasteiger partial charge on any atom is -0.434 e. The van der Waals surface area contributed by atoms with E-state index < -0.39 is 6.16 Å². The Labute approximate surface area is 248 Å². The van der Waals surface area contributed by atoms with Crippen LogP contribution < -0.4 is 0 Å². The molecule has 0 aromatic rings. The molecular formula is C37H64O3. The van der Waals surface area contributed by atoms with Crippen LogP contribution in [0.25, 0.3) is 0 Å². The molecule has 4 aliphatic carbocycles. The summed E-state index contributed by atoms with van der Waals surface area (Å²) in [7, 11) is 0. The highest BCUT2D eigenvalue weighted by Crippen LogP contribution is 2.67. The molecule has 0 unspecified atom stereocenters. The number of hydrogen-bond donors (Lipinski definition) is 0. The lowest BCUT2D eigenvalue weighted by atomic mass is 9.47. The first kappa shape index (κ1) is 31.9. The predicted molar refractivity (Wildman–Crippen MR) is 167 cm³/mol. The number of unbranched alkanes of at least 4 members (excludes halogenated alkanes) is 6. The van der Waals surface area contributed by atoms with Crippen molar-refractivity contribution in [2.75, 3.05) is 6.61 Å². The molecule has 0 aromatic heterocycles. The van der Waals surface area contributed by atoms with E-state index in [2.05, 4.69) is 47.6 Å². The summed E-state index contributed by atoms with van der Waals surface area (Å²) in [4.78, 5) is 12.4. The van der Waals surface area contributed by atoms with Gasteiger partial charge in [-0.15, -0.1) is 0 Å². The lowest BCUT2D eigenvalue weighted by Crippen LogP contribution is -2.51. The van der Waals surface area contributed by atoms with E-state index in [1.807, 2.05) is 0 Å². The van der Waals surface area contributed by atoms with Gasteiger partial charge in [-0.3, -0.25) is 0 Å². The smallest absolute Gasteiger partial charge is 0.434 e. The molecule has 40 heavy (non-hydrogen) atoms. The molecule has 3 heteroatoms. The second-order valence-corrected chi connectivity index (χ2v) is 15.5. The predicted octanol–water partition coefficient (Wildman–Crippen LogP) is 11.3. The van der Waals surface area contributed by atoms with Crippen molar-refractivity contribution in [3.8, 4) is 0 Å². The molecular weight excluding hydrogens is 492 g/mol. The molecule has 0 heterocycles. The average molecular weight is 557 g/mol. The summed E-state index contributed by atoms with van der Waals surface area (Å²) in [5.41, 5.74) is 2.43. The fourth-order valence-electron chi connectivity index (χ4n) is 10.1. The zero-order chi connectivity index (χ0) is 28.8. The van der Waals surface area contributed by atoms with E-state index in [1.165, 1.54) is 83.5 Å². The molecule has 0 aromatic carbocycles. The van der Waals surface area contributed by atoms with Crippen molar-refractivity contribution in [2.45, 2.75) is 163 Å². The molecule has 3 nitrogen and oxygen atoms in total. The lowest BCUT2D eigenvalue weighted by molar-refractivity contribution is -0.0617. The summed E-state index contributed by atoms with van der Waals surface area (Å²) >= 11 is 0. The second kappa shape index (κ2) is 14.5. The van der Waals surface area contributed by atoms with Gasteiger partial charge in [0.2, 0.25) is 0 Å². The molecule has 0 amide bonds. The Kier molecular flexibility index (Phi) is 11.5. The molecule has 230 valence electrons. The van der Waals surface area contributed by atoms with E-state index in [9.17, 15) is 4.79 Å². The molecule has 3 fully saturated rings. The quantitative estimate of drug-likeness (QED) is 0.121. The molecule has 0 aliphatic heterocycles. The summed E-state index contributed by atoms with van der Waals surface area (Å²) in [5.74, 6) is 5.18.